The van der Waals surface area contributed by atoms with Crippen molar-refractivity contribution in [3.63, 3.8) is 0 Å². The number of carboxylic acid groups (broad SMARTS) is 1. The van der Waals surface area contributed by atoms with E-state index in [9.17, 15) is 14.3 Å². The van der Waals surface area contributed by atoms with E-state index in [1.807, 2.05) is 0 Å². The average Bonchev–Trinajstić information content (AvgIpc) is 2.73. The van der Waals surface area contributed by atoms with E-state index in [1.54, 1.807) is 19.1 Å². The van der Waals surface area contributed by atoms with Crippen molar-refractivity contribution in [2.45, 2.75) is 26.2 Å². The summed E-state index contributed by atoms with van der Waals surface area (Å²) in [5, 5.41) is 9.20. The number of nitrogens with zero attached hydrogens (tertiary/aromatic N) is 1. The van der Waals surface area contributed by atoms with E-state index in [1.165, 1.54) is 12.1 Å². The first-order valence-corrected chi connectivity index (χ1v) is 6.62. The summed E-state index contributed by atoms with van der Waals surface area (Å²) in [7, 11) is 0. The molecule has 0 spiro atoms. The van der Waals surface area contributed by atoms with Crippen molar-refractivity contribution in [3.8, 4) is 0 Å². The molecule has 1 aromatic carbocycles. The number of aliphatic carboxylic acids is 1. The van der Waals surface area contributed by atoms with Gasteiger partial charge in [0.25, 0.3) is 0 Å². The Labute approximate surface area is 113 Å². The number of halogens is 1. The highest BCUT2D eigenvalue weighted by molar-refractivity contribution is 5.74. The number of benzene rings is 1. The molecule has 0 aliphatic carbocycles. The van der Waals surface area contributed by atoms with Crippen molar-refractivity contribution < 1.29 is 14.3 Å². The van der Waals surface area contributed by atoms with Gasteiger partial charge in [-0.2, -0.15) is 0 Å². The topological polar surface area (TPSA) is 40.5 Å². The van der Waals surface area contributed by atoms with Gasteiger partial charge in [0, 0.05) is 13.1 Å². The number of carboxylic acids is 1. The second-order valence-corrected chi connectivity index (χ2v) is 5.80. The van der Waals surface area contributed by atoms with E-state index in [2.05, 4.69) is 11.8 Å². The van der Waals surface area contributed by atoms with Gasteiger partial charge in [0.1, 0.15) is 5.82 Å². The largest absolute Gasteiger partial charge is 0.481 e. The van der Waals surface area contributed by atoms with Crippen molar-refractivity contribution in [3.05, 3.63) is 35.6 Å². The van der Waals surface area contributed by atoms with Crippen molar-refractivity contribution in [2.24, 2.45) is 5.41 Å². The Hall–Kier alpha value is -1.42. The molecule has 1 heterocycles. The molecule has 0 amide bonds. The van der Waals surface area contributed by atoms with Crippen LogP contribution in [0.2, 0.25) is 0 Å². The average molecular weight is 265 g/mol. The van der Waals surface area contributed by atoms with Crippen LogP contribution in [0.4, 0.5) is 4.39 Å². The maximum absolute atomic E-state index is 12.9. The molecule has 1 saturated heterocycles. The zero-order chi connectivity index (χ0) is 14.0. The highest BCUT2D eigenvalue weighted by Gasteiger charge is 2.40. The van der Waals surface area contributed by atoms with E-state index in [4.69, 9.17) is 0 Å². The summed E-state index contributed by atoms with van der Waals surface area (Å²) in [6, 6.07) is 6.54. The summed E-state index contributed by atoms with van der Waals surface area (Å²) >= 11 is 0. The normalized spacial score (nSPS) is 25.4. The number of carbonyl (C=O) groups is 1. The lowest BCUT2D eigenvalue weighted by atomic mass is 9.90. The molecule has 0 aromatic heterocycles. The van der Waals surface area contributed by atoms with Gasteiger partial charge in [-0.05, 0) is 43.5 Å². The molecule has 4 heteroatoms. The molecule has 2 atom stereocenters. The molecule has 0 radical (unpaired) electrons. The van der Waals surface area contributed by atoms with Crippen LogP contribution < -0.4 is 0 Å². The molecule has 2 unspecified atom stereocenters. The Balaban J connectivity index is 1.95. The lowest BCUT2D eigenvalue weighted by molar-refractivity contribution is -0.147. The molecule has 2 rings (SSSR count). The van der Waals surface area contributed by atoms with Crippen molar-refractivity contribution >= 4 is 5.97 Å². The maximum Gasteiger partial charge on any atom is 0.310 e. The Morgan fingerprint density at radius 1 is 1.47 bits per heavy atom. The molecule has 1 fully saturated rings. The first-order valence-electron chi connectivity index (χ1n) is 6.62. The van der Waals surface area contributed by atoms with Crippen LogP contribution in [0.25, 0.3) is 0 Å². The van der Waals surface area contributed by atoms with E-state index in [0.717, 1.165) is 18.7 Å². The van der Waals surface area contributed by atoms with Gasteiger partial charge in [-0.15, -0.1) is 0 Å². The second-order valence-electron chi connectivity index (χ2n) is 5.80. The van der Waals surface area contributed by atoms with E-state index < -0.39 is 11.4 Å². The third-order valence-corrected chi connectivity index (χ3v) is 4.04. The minimum Gasteiger partial charge on any atom is -0.481 e. The van der Waals surface area contributed by atoms with Gasteiger partial charge in [0.05, 0.1) is 5.41 Å². The third kappa shape index (κ3) is 3.13. The highest BCUT2D eigenvalue weighted by Crippen LogP contribution is 2.31. The first kappa shape index (κ1) is 14.0. The van der Waals surface area contributed by atoms with Crippen LogP contribution in [-0.4, -0.2) is 35.6 Å². The number of rotatable bonds is 4. The summed E-state index contributed by atoms with van der Waals surface area (Å²) < 4.78 is 12.9. The molecule has 19 heavy (non-hydrogen) atoms. The van der Waals surface area contributed by atoms with Gasteiger partial charge in [-0.3, -0.25) is 4.79 Å². The van der Waals surface area contributed by atoms with Crippen LogP contribution in [0.3, 0.4) is 0 Å². The quantitative estimate of drug-likeness (QED) is 0.910. The molecule has 3 nitrogen and oxygen atoms in total. The van der Waals surface area contributed by atoms with Gasteiger partial charge in [-0.25, -0.2) is 4.39 Å². The fourth-order valence-corrected chi connectivity index (χ4v) is 2.67. The van der Waals surface area contributed by atoms with E-state index in [-0.39, 0.29) is 11.7 Å². The second kappa shape index (κ2) is 5.29. The first-order chi connectivity index (χ1) is 8.90. The summed E-state index contributed by atoms with van der Waals surface area (Å²) in [6.07, 6.45) is 0.693. The molecule has 1 aliphatic rings. The van der Waals surface area contributed by atoms with Gasteiger partial charge in [0.2, 0.25) is 0 Å². The third-order valence-electron chi connectivity index (χ3n) is 4.04. The van der Waals surface area contributed by atoms with Crippen LogP contribution in [0, 0.1) is 11.2 Å². The maximum atomic E-state index is 12.9. The van der Waals surface area contributed by atoms with Crippen LogP contribution in [0.1, 0.15) is 31.7 Å². The lowest BCUT2D eigenvalue weighted by Gasteiger charge is -2.23. The number of hydrogen-bond acceptors (Lipinski definition) is 2. The molecule has 104 valence electrons. The van der Waals surface area contributed by atoms with Gasteiger partial charge in [0.15, 0.2) is 0 Å². The SMILES string of the molecule is CC(CN1CCC(C)(C(=O)O)C1)c1ccc(F)cc1. The van der Waals surface area contributed by atoms with Gasteiger partial charge >= 0.3 is 5.97 Å². The van der Waals surface area contributed by atoms with Crippen LogP contribution in [0.15, 0.2) is 24.3 Å². The molecular weight excluding hydrogens is 245 g/mol. The molecule has 0 bridgehead atoms. The fraction of sp³-hybridized carbons (Fsp3) is 0.533. The minimum atomic E-state index is -0.718. The highest BCUT2D eigenvalue weighted by atomic mass is 19.1. The van der Waals surface area contributed by atoms with E-state index in [0.29, 0.717) is 13.0 Å². The summed E-state index contributed by atoms with van der Waals surface area (Å²) in [6.45, 7) is 6.11. The van der Waals surface area contributed by atoms with Crippen LogP contribution >= 0.6 is 0 Å². The predicted molar refractivity (Wildman–Crippen MR) is 71.6 cm³/mol. The van der Waals surface area contributed by atoms with Gasteiger partial charge < -0.3 is 10.0 Å². The number of hydrogen-bond donors (Lipinski definition) is 1. The standard InChI is InChI=1S/C15H20FNO2/c1-11(12-3-5-13(16)6-4-12)9-17-8-7-15(2,10-17)14(18)19/h3-6,11H,7-10H2,1-2H3,(H,18,19). The summed E-state index contributed by atoms with van der Waals surface area (Å²) in [5.41, 5.74) is 0.466. The van der Waals surface area contributed by atoms with Crippen molar-refractivity contribution in [1.29, 1.82) is 0 Å². The molecule has 0 saturated carbocycles. The zero-order valence-corrected chi connectivity index (χ0v) is 11.4. The predicted octanol–water partition coefficient (Wildman–Crippen LogP) is 2.73. The smallest absolute Gasteiger partial charge is 0.310 e. The van der Waals surface area contributed by atoms with Crippen molar-refractivity contribution in [1.82, 2.24) is 4.90 Å². The molecule has 1 aliphatic heterocycles. The lowest BCUT2D eigenvalue weighted by Crippen LogP contribution is -2.33. The Kier molecular flexibility index (Phi) is 3.90. The number of likely N-dealkylation sites (tertiary alicyclic amines) is 1. The van der Waals surface area contributed by atoms with Crippen molar-refractivity contribution in [2.75, 3.05) is 19.6 Å². The van der Waals surface area contributed by atoms with Crippen LogP contribution in [-0.2, 0) is 4.79 Å². The fourth-order valence-electron chi connectivity index (χ4n) is 2.67. The Morgan fingerprint density at radius 2 is 2.11 bits per heavy atom. The summed E-state index contributed by atoms with van der Waals surface area (Å²) in [5.74, 6) is -0.670. The monoisotopic (exact) mass is 265 g/mol. The molecule has 1 aromatic rings. The Morgan fingerprint density at radius 3 is 2.63 bits per heavy atom. The van der Waals surface area contributed by atoms with Gasteiger partial charge in [-0.1, -0.05) is 19.1 Å². The zero-order valence-electron chi connectivity index (χ0n) is 11.4. The molecular formula is C15H20FNO2. The minimum absolute atomic E-state index is 0.226. The summed E-state index contributed by atoms with van der Waals surface area (Å²) in [4.78, 5) is 13.4. The van der Waals surface area contributed by atoms with Crippen LogP contribution in [0.5, 0.6) is 0 Å². The Bertz CT molecular complexity index is 460. The van der Waals surface area contributed by atoms with E-state index >= 15 is 0 Å². The molecule has 1 N–H and O–H groups in total.